The van der Waals surface area contributed by atoms with E-state index in [4.69, 9.17) is 22.7 Å². The number of aromatic nitrogens is 2. The predicted molar refractivity (Wildman–Crippen MR) is 74.9 cm³/mol. The second-order valence-electron chi connectivity index (χ2n) is 4.66. The van der Waals surface area contributed by atoms with Crippen LogP contribution in [0.1, 0.15) is 25.5 Å². The molecule has 1 unspecified atom stereocenters. The maximum atomic E-state index is 5.63. The lowest BCUT2D eigenvalue weighted by Crippen LogP contribution is -2.48. The molecule has 98 valence electrons. The topological polar surface area (TPSA) is 64.3 Å². The molecule has 1 aliphatic rings. The van der Waals surface area contributed by atoms with E-state index >= 15 is 0 Å². The van der Waals surface area contributed by atoms with Crippen molar-refractivity contribution in [2.24, 2.45) is 5.73 Å². The third-order valence-corrected chi connectivity index (χ3v) is 3.24. The van der Waals surface area contributed by atoms with E-state index in [2.05, 4.69) is 28.7 Å². The molecule has 6 heteroatoms. The summed E-state index contributed by atoms with van der Waals surface area (Å²) in [6.07, 6.45) is 1.42. The Morgan fingerprint density at radius 3 is 3.00 bits per heavy atom. The van der Waals surface area contributed by atoms with Crippen LogP contribution in [0.2, 0.25) is 0 Å². The van der Waals surface area contributed by atoms with Gasteiger partial charge in [0.2, 0.25) is 0 Å². The van der Waals surface area contributed by atoms with Gasteiger partial charge < -0.3 is 15.4 Å². The minimum atomic E-state index is -0.189. The molecule has 0 spiro atoms. The zero-order chi connectivity index (χ0) is 13.1. The number of ether oxygens (including phenoxy) is 1. The smallest absolute Gasteiger partial charge is 0.132 e. The summed E-state index contributed by atoms with van der Waals surface area (Å²) in [6, 6.07) is 2.02. The number of thiocarbonyl (C=S) groups is 1. The fourth-order valence-corrected chi connectivity index (χ4v) is 2.02. The van der Waals surface area contributed by atoms with Crippen LogP contribution in [0.25, 0.3) is 0 Å². The molecule has 1 saturated heterocycles. The number of nitrogens with two attached hydrogens (primary N) is 1. The van der Waals surface area contributed by atoms with Gasteiger partial charge in [0, 0.05) is 18.3 Å². The molecule has 0 saturated carbocycles. The number of anilines is 1. The van der Waals surface area contributed by atoms with Gasteiger partial charge in [-0.1, -0.05) is 26.1 Å². The summed E-state index contributed by atoms with van der Waals surface area (Å²) >= 11 is 4.98. The van der Waals surface area contributed by atoms with Crippen molar-refractivity contribution in [1.82, 2.24) is 9.97 Å². The fraction of sp³-hybridized carbons (Fsp3) is 0.583. The Bertz CT molecular complexity index is 438. The van der Waals surface area contributed by atoms with Crippen LogP contribution in [0.15, 0.2) is 12.4 Å². The van der Waals surface area contributed by atoms with Crippen LogP contribution in [0, 0.1) is 0 Å². The minimum absolute atomic E-state index is 0.189. The second-order valence-corrected chi connectivity index (χ2v) is 5.13. The Morgan fingerprint density at radius 1 is 1.56 bits per heavy atom. The second kappa shape index (κ2) is 5.58. The van der Waals surface area contributed by atoms with Crippen molar-refractivity contribution in [3.05, 3.63) is 18.1 Å². The Labute approximate surface area is 112 Å². The zero-order valence-electron chi connectivity index (χ0n) is 10.7. The maximum absolute atomic E-state index is 5.63. The molecule has 1 aromatic heterocycles. The van der Waals surface area contributed by atoms with E-state index in [-0.39, 0.29) is 6.10 Å². The zero-order valence-corrected chi connectivity index (χ0v) is 11.5. The Morgan fingerprint density at radius 2 is 2.33 bits per heavy atom. The highest BCUT2D eigenvalue weighted by atomic mass is 32.1. The summed E-state index contributed by atoms with van der Waals surface area (Å²) in [5, 5.41) is 0. The Hall–Kier alpha value is -1.27. The lowest BCUT2D eigenvalue weighted by atomic mass is 10.1. The van der Waals surface area contributed by atoms with Gasteiger partial charge in [0.15, 0.2) is 0 Å². The van der Waals surface area contributed by atoms with E-state index in [0.717, 1.165) is 18.1 Å². The van der Waals surface area contributed by atoms with E-state index < -0.39 is 0 Å². The first-order valence-corrected chi connectivity index (χ1v) is 6.46. The molecule has 0 amide bonds. The lowest BCUT2D eigenvalue weighted by molar-refractivity contribution is 0.0844. The van der Waals surface area contributed by atoms with Crippen molar-refractivity contribution >= 4 is 23.0 Å². The molecule has 1 fully saturated rings. The third-order valence-electron chi connectivity index (χ3n) is 2.97. The molecule has 18 heavy (non-hydrogen) atoms. The fourth-order valence-electron chi connectivity index (χ4n) is 1.88. The van der Waals surface area contributed by atoms with Crippen molar-refractivity contribution < 1.29 is 4.74 Å². The van der Waals surface area contributed by atoms with E-state index in [9.17, 15) is 0 Å². The third kappa shape index (κ3) is 2.94. The SMILES string of the molecule is CC(C)c1cc(N2CCOC(C(N)=S)C2)ncn1. The summed E-state index contributed by atoms with van der Waals surface area (Å²) in [7, 11) is 0. The van der Waals surface area contributed by atoms with Crippen LogP contribution in [0.4, 0.5) is 5.82 Å². The van der Waals surface area contributed by atoms with Crippen LogP contribution in [-0.2, 0) is 4.74 Å². The monoisotopic (exact) mass is 266 g/mol. The maximum Gasteiger partial charge on any atom is 0.132 e. The van der Waals surface area contributed by atoms with Crippen LogP contribution >= 0.6 is 12.2 Å². The molecule has 5 nitrogen and oxygen atoms in total. The van der Waals surface area contributed by atoms with Gasteiger partial charge in [0.25, 0.3) is 0 Å². The van der Waals surface area contributed by atoms with Gasteiger partial charge in [-0.2, -0.15) is 0 Å². The van der Waals surface area contributed by atoms with Gasteiger partial charge in [-0.15, -0.1) is 0 Å². The van der Waals surface area contributed by atoms with Gasteiger partial charge in [-0.05, 0) is 5.92 Å². The molecule has 1 atom stereocenters. The average Bonchev–Trinajstić information content (AvgIpc) is 2.39. The van der Waals surface area contributed by atoms with Crippen LogP contribution in [0.5, 0.6) is 0 Å². The molecule has 0 radical (unpaired) electrons. The summed E-state index contributed by atoms with van der Waals surface area (Å²) in [6.45, 7) is 6.30. The van der Waals surface area contributed by atoms with Crippen LogP contribution < -0.4 is 10.6 Å². The largest absolute Gasteiger partial charge is 0.391 e. The predicted octanol–water partition coefficient (Wildman–Crippen LogP) is 1.09. The van der Waals surface area contributed by atoms with Gasteiger partial charge in [0.1, 0.15) is 23.2 Å². The van der Waals surface area contributed by atoms with E-state index in [0.29, 0.717) is 24.1 Å². The van der Waals surface area contributed by atoms with Crippen LogP contribution in [-0.4, -0.2) is 40.8 Å². The van der Waals surface area contributed by atoms with Gasteiger partial charge in [-0.25, -0.2) is 9.97 Å². The number of hydrogen-bond acceptors (Lipinski definition) is 5. The van der Waals surface area contributed by atoms with Crippen molar-refractivity contribution in [1.29, 1.82) is 0 Å². The molecule has 2 rings (SSSR count). The van der Waals surface area contributed by atoms with Gasteiger partial charge in [0.05, 0.1) is 13.2 Å². The van der Waals surface area contributed by atoms with E-state index in [1.165, 1.54) is 0 Å². The summed E-state index contributed by atoms with van der Waals surface area (Å²) in [4.78, 5) is 11.1. The average molecular weight is 266 g/mol. The number of nitrogens with zero attached hydrogens (tertiary/aromatic N) is 3. The molecular formula is C12H18N4OS. The van der Waals surface area contributed by atoms with Crippen LogP contribution in [0.3, 0.4) is 0 Å². The lowest BCUT2D eigenvalue weighted by Gasteiger charge is -2.33. The van der Waals surface area contributed by atoms with Crippen molar-refractivity contribution in [2.45, 2.75) is 25.9 Å². The Kier molecular flexibility index (Phi) is 4.08. The first kappa shape index (κ1) is 13.2. The van der Waals surface area contributed by atoms with E-state index in [1.807, 2.05) is 6.07 Å². The molecule has 0 aromatic carbocycles. The molecule has 0 aliphatic carbocycles. The summed E-state index contributed by atoms with van der Waals surface area (Å²) in [5.41, 5.74) is 6.67. The molecule has 0 bridgehead atoms. The number of rotatable bonds is 3. The first-order valence-electron chi connectivity index (χ1n) is 6.05. The highest BCUT2D eigenvalue weighted by molar-refractivity contribution is 7.80. The number of morpholine rings is 1. The normalized spacial score (nSPS) is 20.2. The minimum Gasteiger partial charge on any atom is -0.391 e. The highest BCUT2D eigenvalue weighted by Gasteiger charge is 2.23. The Balaban J connectivity index is 2.15. The highest BCUT2D eigenvalue weighted by Crippen LogP contribution is 2.19. The van der Waals surface area contributed by atoms with Crippen molar-refractivity contribution in [2.75, 3.05) is 24.6 Å². The molecule has 1 aromatic rings. The summed E-state index contributed by atoms with van der Waals surface area (Å²) in [5.74, 6) is 1.30. The molecule has 2 N–H and O–H groups in total. The van der Waals surface area contributed by atoms with Crippen molar-refractivity contribution in [3.63, 3.8) is 0 Å². The van der Waals surface area contributed by atoms with Gasteiger partial charge >= 0.3 is 0 Å². The molecule has 1 aliphatic heterocycles. The summed E-state index contributed by atoms with van der Waals surface area (Å²) < 4.78 is 5.52. The van der Waals surface area contributed by atoms with Crippen molar-refractivity contribution in [3.8, 4) is 0 Å². The molecule has 2 heterocycles. The quantitative estimate of drug-likeness (QED) is 0.826. The molecular weight excluding hydrogens is 248 g/mol. The standard InChI is InChI=1S/C12H18N4OS/c1-8(2)9-5-11(15-7-14-9)16-3-4-17-10(6-16)12(13)18/h5,7-8,10H,3-4,6H2,1-2H3,(H2,13,18). The van der Waals surface area contributed by atoms with Gasteiger partial charge in [-0.3, -0.25) is 0 Å². The first-order chi connectivity index (χ1) is 8.58. The van der Waals surface area contributed by atoms with E-state index in [1.54, 1.807) is 6.33 Å². The number of hydrogen-bond donors (Lipinski definition) is 1.